The van der Waals surface area contributed by atoms with Gasteiger partial charge in [-0.3, -0.25) is 9.48 Å². The summed E-state index contributed by atoms with van der Waals surface area (Å²) in [7, 11) is 0. The summed E-state index contributed by atoms with van der Waals surface area (Å²) in [6.07, 6.45) is -15.0. The molecule has 128 valence electrons. The largest absolute Gasteiger partial charge is 0.435 e. The van der Waals surface area contributed by atoms with Crippen molar-refractivity contribution in [1.29, 1.82) is 0 Å². The molecule has 0 amide bonds. The second-order valence-electron chi connectivity index (χ2n) is 5.72. The molecule has 0 radical (unpaired) electrons. The number of carbonyl (C=O) groups excluding carboxylic acids is 1. The Morgan fingerprint density at radius 3 is 2.22 bits per heavy atom. The van der Waals surface area contributed by atoms with E-state index in [1.165, 1.54) is 0 Å². The van der Waals surface area contributed by atoms with Crippen LogP contribution in [0.2, 0.25) is 0 Å². The number of Topliss-reactive ketones (excluding diaryl/α,β-unsaturated/α-hetero) is 1. The van der Waals surface area contributed by atoms with E-state index in [4.69, 9.17) is 0 Å². The molecule has 0 spiro atoms. The number of aromatic nitrogens is 2. The van der Waals surface area contributed by atoms with Crippen LogP contribution < -0.4 is 0 Å². The Morgan fingerprint density at radius 1 is 1.00 bits per heavy atom. The smallest absolute Gasteiger partial charge is 0.291 e. The van der Waals surface area contributed by atoms with Gasteiger partial charge in [0.15, 0.2) is 18.0 Å². The molecule has 1 aromatic heterocycles. The van der Waals surface area contributed by atoms with Gasteiger partial charge < -0.3 is 0 Å². The lowest BCUT2D eigenvalue weighted by atomic mass is 9.92. The van der Waals surface area contributed by atoms with E-state index in [2.05, 4.69) is 5.10 Å². The molecule has 3 rings (SSSR count). The number of fused-ring (bicyclic) bond motifs is 1. The summed E-state index contributed by atoms with van der Waals surface area (Å²) in [5.74, 6) is -1.62. The van der Waals surface area contributed by atoms with Gasteiger partial charge >= 0.3 is 6.18 Å². The van der Waals surface area contributed by atoms with E-state index < -0.39 is 66.1 Å². The Hall–Kier alpha value is -1.61. The van der Waals surface area contributed by atoms with Crippen LogP contribution in [0.3, 0.4) is 0 Å². The van der Waals surface area contributed by atoms with Gasteiger partial charge in [-0.05, 0) is 12.8 Å². The van der Waals surface area contributed by atoms with Crippen molar-refractivity contribution in [3.8, 4) is 0 Å². The lowest BCUT2D eigenvalue weighted by molar-refractivity contribution is -0.142. The molecule has 0 N–H and O–H groups in total. The Bertz CT molecular complexity index is 641. The van der Waals surface area contributed by atoms with E-state index in [0.717, 1.165) is 0 Å². The summed E-state index contributed by atoms with van der Waals surface area (Å²) in [4.78, 5) is 11.6. The van der Waals surface area contributed by atoms with Gasteiger partial charge in [0.2, 0.25) is 5.78 Å². The van der Waals surface area contributed by atoms with Crippen LogP contribution in [0, 0.1) is 0 Å². The van der Waals surface area contributed by atoms with Crippen molar-refractivity contribution in [2.75, 3.05) is 0 Å². The second-order valence-corrected chi connectivity index (χ2v) is 5.72. The number of hydrogen-bond acceptors (Lipinski definition) is 2. The maximum atomic E-state index is 14.0. The Labute approximate surface area is 125 Å². The number of nitrogens with zero attached hydrogens (tertiary/aromatic N) is 2. The van der Waals surface area contributed by atoms with Crippen molar-refractivity contribution in [3.63, 3.8) is 0 Å². The molecule has 0 unspecified atom stereocenters. The van der Waals surface area contributed by atoms with E-state index in [1.807, 2.05) is 0 Å². The van der Waals surface area contributed by atoms with Gasteiger partial charge in [0.1, 0.15) is 12.3 Å². The third-order valence-electron chi connectivity index (χ3n) is 4.24. The van der Waals surface area contributed by atoms with Crippen molar-refractivity contribution in [2.24, 2.45) is 0 Å². The summed E-state index contributed by atoms with van der Waals surface area (Å²) in [5, 5.41) is 3.20. The van der Waals surface area contributed by atoms with Crippen molar-refractivity contribution in [2.45, 2.75) is 56.2 Å². The highest BCUT2D eigenvalue weighted by Crippen LogP contribution is 2.45. The van der Waals surface area contributed by atoms with E-state index in [9.17, 15) is 35.5 Å². The minimum atomic E-state index is -5.08. The number of hydrogen-bond donors (Lipinski definition) is 0. The van der Waals surface area contributed by atoms with Crippen LogP contribution in [0.4, 0.5) is 30.7 Å². The van der Waals surface area contributed by atoms with Crippen LogP contribution >= 0.6 is 0 Å². The molecule has 0 bridgehead atoms. The Kier molecular flexibility index (Phi) is 3.68. The number of carbonyl (C=O) groups is 1. The van der Waals surface area contributed by atoms with E-state index in [1.54, 1.807) is 0 Å². The Morgan fingerprint density at radius 2 is 1.65 bits per heavy atom. The average molecular weight is 344 g/mol. The lowest BCUT2D eigenvalue weighted by Gasteiger charge is -2.28. The van der Waals surface area contributed by atoms with Gasteiger partial charge in [0.05, 0.1) is 17.3 Å². The van der Waals surface area contributed by atoms with E-state index >= 15 is 0 Å². The summed E-state index contributed by atoms with van der Waals surface area (Å²) in [6.45, 7) is 0. The minimum Gasteiger partial charge on any atom is -0.291 e. The molecule has 1 saturated carbocycles. The highest BCUT2D eigenvalue weighted by Gasteiger charge is 2.52. The highest BCUT2D eigenvalue weighted by atomic mass is 19.4. The molecule has 1 heterocycles. The van der Waals surface area contributed by atoms with Crippen LogP contribution in [-0.4, -0.2) is 34.1 Å². The van der Waals surface area contributed by atoms with Crippen LogP contribution in [-0.2, 0) is 6.18 Å². The molecular weight excluding hydrogens is 333 g/mol. The molecule has 0 aromatic carbocycles. The maximum Gasteiger partial charge on any atom is 0.435 e. The molecule has 10 heteroatoms. The maximum absolute atomic E-state index is 14.0. The molecular formula is C13H11F7N2O. The molecule has 2 aliphatic carbocycles. The van der Waals surface area contributed by atoms with Gasteiger partial charge in [-0.1, -0.05) is 0 Å². The van der Waals surface area contributed by atoms with Crippen molar-refractivity contribution >= 4 is 5.78 Å². The fourth-order valence-electron chi connectivity index (χ4n) is 3.12. The number of rotatable bonds is 1. The SMILES string of the molecule is O=C1c2c(C(F)(F)F)nn([C@H]3CC[C@H](F)[C@H](F)C3)c2[C@@H](F)[C@H]1F. The first-order valence-corrected chi connectivity index (χ1v) is 6.93. The number of alkyl halides is 7. The third-order valence-corrected chi connectivity index (χ3v) is 4.24. The summed E-state index contributed by atoms with van der Waals surface area (Å²) < 4.78 is 93.6. The van der Waals surface area contributed by atoms with Gasteiger partial charge in [-0.2, -0.15) is 18.3 Å². The zero-order valence-electron chi connectivity index (χ0n) is 11.5. The van der Waals surface area contributed by atoms with Gasteiger partial charge in [-0.25, -0.2) is 17.6 Å². The van der Waals surface area contributed by atoms with Crippen molar-refractivity contribution < 1.29 is 35.5 Å². The predicted octanol–water partition coefficient (Wildman–Crippen LogP) is 3.85. The monoisotopic (exact) mass is 344 g/mol. The molecule has 0 aliphatic heterocycles. The number of ketones is 1. The van der Waals surface area contributed by atoms with Gasteiger partial charge in [0.25, 0.3) is 0 Å². The predicted molar refractivity (Wildman–Crippen MR) is 63.0 cm³/mol. The standard InChI is InChI=1S/C13H11F7N2O/c14-5-2-1-4(3-6(5)15)22-10-7(11(23)9(17)8(10)16)12(21-22)13(18,19)20/h4-6,8-9H,1-3H2/t4-,5-,6+,8-,9+/m0/s1. The molecule has 23 heavy (non-hydrogen) atoms. The van der Waals surface area contributed by atoms with Crippen LogP contribution in [0.25, 0.3) is 0 Å². The van der Waals surface area contributed by atoms with E-state index in [0.29, 0.717) is 4.68 Å². The minimum absolute atomic E-state index is 0.0785. The molecule has 5 atom stereocenters. The zero-order chi connectivity index (χ0) is 17.1. The quantitative estimate of drug-likeness (QED) is 0.726. The lowest BCUT2D eigenvalue weighted by Crippen LogP contribution is -2.30. The molecule has 1 fully saturated rings. The highest BCUT2D eigenvalue weighted by molar-refractivity contribution is 6.05. The second kappa shape index (κ2) is 5.20. The van der Waals surface area contributed by atoms with Crippen LogP contribution in [0.5, 0.6) is 0 Å². The van der Waals surface area contributed by atoms with E-state index in [-0.39, 0.29) is 12.8 Å². The van der Waals surface area contributed by atoms with Gasteiger partial charge in [-0.15, -0.1) is 0 Å². The summed E-state index contributed by atoms with van der Waals surface area (Å²) in [6, 6.07) is -1.06. The van der Waals surface area contributed by atoms with Crippen LogP contribution in [0.15, 0.2) is 0 Å². The molecule has 2 aliphatic rings. The first-order valence-electron chi connectivity index (χ1n) is 6.93. The number of halogens is 7. The van der Waals surface area contributed by atoms with Gasteiger partial charge in [0, 0.05) is 6.42 Å². The first kappa shape index (κ1) is 16.3. The third kappa shape index (κ3) is 2.42. The van der Waals surface area contributed by atoms with Crippen LogP contribution in [0.1, 0.15) is 53.2 Å². The molecule has 3 nitrogen and oxygen atoms in total. The fraction of sp³-hybridized carbons (Fsp3) is 0.692. The van der Waals surface area contributed by atoms with Crippen molar-refractivity contribution in [1.82, 2.24) is 9.78 Å². The fourth-order valence-corrected chi connectivity index (χ4v) is 3.12. The summed E-state index contributed by atoms with van der Waals surface area (Å²) >= 11 is 0. The van der Waals surface area contributed by atoms with Crippen molar-refractivity contribution in [3.05, 3.63) is 17.0 Å². The zero-order valence-corrected chi connectivity index (χ0v) is 11.5. The topological polar surface area (TPSA) is 34.9 Å². The average Bonchev–Trinajstić information content (AvgIpc) is 2.96. The normalized spacial score (nSPS) is 34.7. The first-order chi connectivity index (χ1) is 10.6. The molecule has 0 saturated heterocycles. The Balaban J connectivity index is 2.09. The summed E-state index contributed by atoms with van der Waals surface area (Å²) in [5.41, 5.74) is -3.65. The molecule has 1 aromatic rings.